The Bertz CT molecular complexity index is 853. The molecule has 1 aromatic heterocycles. The molecule has 3 rings (SSSR count). The molecule has 0 radical (unpaired) electrons. The van der Waals surface area contributed by atoms with Crippen molar-refractivity contribution >= 4 is 28.2 Å². The van der Waals surface area contributed by atoms with Crippen LogP contribution in [0, 0.1) is 0 Å². The first-order chi connectivity index (χ1) is 14.5. The van der Waals surface area contributed by atoms with Crippen molar-refractivity contribution in [2.45, 2.75) is 45.7 Å². The van der Waals surface area contributed by atoms with Gasteiger partial charge in [-0.2, -0.15) is 0 Å². The fourth-order valence-electron chi connectivity index (χ4n) is 3.76. The van der Waals surface area contributed by atoms with Gasteiger partial charge in [0.2, 0.25) is 5.91 Å². The highest BCUT2D eigenvalue weighted by atomic mass is 32.1. The Labute approximate surface area is 182 Å². The summed E-state index contributed by atoms with van der Waals surface area (Å²) in [5.74, 6) is -0.570. The monoisotopic (exact) mass is 429 g/mol. The lowest BCUT2D eigenvalue weighted by Gasteiger charge is -2.24. The molecule has 2 unspecified atom stereocenters. The van der Waals surface area contributed by atoms with Gasteiger partial charge in [0.05, 0.1) is 18.2 Å². The van der Waals surface area contributed by atoms with Crippen molar-refractivity contribution < 1.29 is 14.3 Å². The molecule has 0 bridgehead atoms. The summed E-state index contributed by atoms with van der Waals surface area (Å²) in [5.41, 5.74) is 1.40. The molecule has 1 amide bonds. The average molecular weight is 430 g/mol. The molecule has 162 valence electrons. The van der Waals surface area contributed by atoms with E-state index >= 15 is 0 Å². The maximum absolute atomic E-state index is 12.8. The third kappa shape index (κ3) is 5.47. The third-order valence-electron chi connectivity index (χ3n) is 5.48. The quantitative estimate of drug-likeness (QED) is 0.590. The minimum Gasteiger partial charge on any atom is -0.462 e. The number of thiophene rings is 1. The summed E-state index contributed by atoms with van der Waals surface area (Å²) in [6.45, 7) is 9.04. The Kier molecular flexibility index (Phi) is 8.01. The van der Waals surface area contributed by atoms with Gasteiger partial charge in [-0.15, -0.1) is 11.3 Å². The first-order valence-electron chi connectivity index (χ1n) is 10.7. The number of carbonyl (C=O) groups excluding carboxylic acids is 2. The molecule has 1 aliphatic rings. The zero-order chi connectivity index (χ0) is 21.5. The van der Waals surface area contributed by atoms with Crippen LogP contribution >= 0.6 is 11.3 Å². The molecule has 30 heavy (non-hydrogen) atoms. The number of carbonyl (C=O) groups is 2. The lowest BCUT2D eigenvalue weighted by Crippen LogP contribution is -2.45. The van der Waals surface area contributed by atoms with Gasteiger partial charge in [-0.25, -0.2) is 4.79 Å². The Hall–Kier alpha value is -2.22. The second kappa shape index (κ2) is 10.7. The maximum atomic E-state index is 12.8. The van der Waals surface area contributed by atoms with E-state index in [1.807, 2.05) is 37.3 Å². The minimum atomic E-state index is -0.420. The summed E-state index contributed by atoms with van der Waals surface area (Å²) in [7, 11) is 0. The number of anilines is 1. The van der Waals surface area contributed by atoms with Crippen LogP contribution in [0.15, 0.2) is 36.4 Å². The number of likely N-dealkylation sites (N-methyl/N-ethyl adjacent to an activating group) is 1. The third-order valence-corrected chi connectivity index (χ3v) is 6.58. The number of nitrogens with zero attached hydrogens (tertiary/aromatic N) is 1. The SMILES string of the molecule is CCOC(=O)c1cc(-c2ccccc2)sc1NC(=O)C(C)NCC1CCCN1CC. The van der Waals surface area contributed by atoms with Gasteiger partial charge in [0, 0.05) is 17.5 Å². The van der Waals surface area contributed by atoms with E-state index in [4.69, 9.17) is 4.74 Å². The minimum absolute atomic E-state index is 0.150. The van der Waals surface area contributed by atoms with Crippen LogP contribution in [-0.2, 0) is 9.53 Å². The standard InChI is InChI=1S/C23H31N3O3S/c1-4-26-13-9-12-18(26)15-24-16(3)21(27)25-22-19(23(28)29-5-2)14-20(30-22)17-10-7-6-8-11-17/h6-8,10-11,14,16,18,24H,4-5,9,12-13,15H2,1-3H3,(H,25,27). The second-order valence-corrected chi connectivity index (χ2v) is 8.54. The molecule has 2 N–H and O–H groups in total. The molecule has 1 aromatic carbocycles. The molecule has 7 heteroatoms. The molecule has 2 aromatic rings. The zero-order valence-electron chi connectivity index (χ0n) is 17.9. The van der Waals surface area contributed by atoms with Gasteiger partial charge in [-0.1, -0.05) is 37.3 Å². The molecule has 6 nitrogen and oxygen atoms in total. The predicted molar refractivity (Wildman–Crippen MR) is 122 cm³/mol. The summed E-state index contributed by atoms with van der Waals surface area (Å²) in [4.78, 5) is 28.6. The van der Waals surface area contributed by atoms with Crippen molar-refractivity contribution in [3.63, 3.8) is 0 Å². The van der Waals surface area contributed by atoms with Crippen LogP contribution in [0.4, 0.5) is 5.00 Å². The van der Waals surface area contributed by atoms with Gasteiger partial charge in [0.25, 0.3) is 0 Å². The Morgan fingerprint density at radius 3 is 2.73 bits per heavy atom. The van der Waals surface area contributed by atoms with Gasteiger partial charge in [-0.05, 0) is 51.4 Å². The Morgan fingerprint density at radius 1 is 1.27 bits per heavy atom. The summed E-state index contributed by atoms with van der Waals surface area (Å²) < 4.78 is 5.19. The van der Waals surface area contributed by atoms with Gasteiger partial charge < -0.3 is 15.4 Å². The zero-order valence-corrected chi connectivity index (χ0v) is 18.8. The van der Waals surface area contributed by atoms with E-state index in [1.165, 1.54) is 17.8 Å². The van der Waals surface area contributed by atoms with Crippen molar-refractivity contribution in [2.24, 2.45) is 0 Å². The van der Waals surface area contributed by atoms with E-state index in [2.05, 4.69) is 22.5 Å². The molecular weight excluding hydrogens is 398 g/mol. The van der Waals surface area contributed by atoms with Crippen molar-refractivity contribution in [1.29, 1.82) is 0 Å². The first-order valence-corrected chi connectivity index (χ1v) is 11.5. The van der Waals surface area contributed by atoms with E-state index in [-0.39, 0.29) is 18.6 Å². The molecule has 2 atom stereocenters. The van der Waals surface area contributed by atoms with E-state index in [9.17, 15) is 9.59 Å². The number of hydrogen-bond acceptors (Lipinski definition) is 6. The topological polar surface area (TPSA) is 70.7 Å². The molecule has 2 heterocycles. The van der Waals surface area contributed by atoms with E-state index in [0.29, 0.717) is 16.6 Å². The number of benzene rings is 1. The molecule has 1 saturated heterocycles. The lowest BCUT2D eigenvalue weighted by molar-refractivity contribution is -0.117. The van der Waals surface area contributed by atoms with Crippen LogP contribution in [0.3, 0.4) is 0 Å². The Balaban J connectivity index is 1.69. The fraction of sp³-hybridized carbons (Fsp3) is 0.478. The summed E-state index contributed by atoms with van der Waals surface area (Å²) >= 11 is 1.39. The lowest BCUT2D eigenvalue weighted by atomic mass is 10.1. The highest BCUT2D eigenvalue weighted by Gasteiger charge is 2.25. The predicted octanol–water partition coefficient (Wildman–Crippen LogP) is 3.99. The Morgan fingerprint density at radius 2 is 2.03 bits per heavy atom. The summed E-state index contributed by atoms with van der Waals surface area (Å²) in [6, 6.07) is 11.7. The number of rotatable bonds is 9. The normalized spacial score (nSPS) is 17.6. The highest BCUT2D eigenvalue weighted by molar-refractivity contribution is 7.20. The van der Waals surface area contributed by atoms with Crippen LogP contribution < -0.4 is 10.6 Å². The van der Waals surface area contributed by atoms with Crippen molar-refractivity contribution in [3.8, 4) is 10.4 Å². The molecule has 0 spiro atoms. The number of nitrogens with one attached hydrogen (secondary N) is 2. The maximum Gasteiger partial charge on any atom is 0.341 e. The highest BCUT2D eigenvalue weighted by Crippen LogP contribution is 2.36. The van der Waals surface area contributed by atoms with Crippen LogP contribution in [0.25, 0.3) is 10.4 Å². The van der Waals surface area contributed by atoms with Crippen molar-refractivity contribution in [1.82, 2.24) is 10.2 Å². The molecular formula is C23H31N3O3S. The average Bonchev–Trinajstić information content (AvgIpc) is 3.39. The van der Waals surface area contributed by atoms with Crippen molar-refractivity contribution in [3.05, 3.63) is 42.0 Å². The largest absolute Gasteiger partial charge is 0.462 e. The number of esters is 1. The summed E-state index contributed by atoms with van der Waals surface area (Å²) in [5, 5.41) is 6.83. The molecule has 0 saturated carbocycles. The molecule has 0 aliphatic carbocycles. The van der Waals surface area contributed by atoms with Crippen LogP contribution in [0.2, 0.25) is 0 Å². The van der Waals surface area contributed by atoms with Gasteiger partial charge in [0.1, 0.15) is 5.00 Å². The number of ether oxygens (including phenoxy) is 1. The van der Waals surface area contributed by atoms with Gasteiger partial charge in [-0.3, -0.25) is 9.69 Å². The summed E-state index contributed by atoms with van der Waals surface area (Å²) in [6.07, 6.45) is 2.37. The van der Waals surface area contributed by atoms with E-state index < -0.39 is 5.97 Å². The van der Waals surface area contributed by atoms with Crippen LogP contribution in [-0.4, -0.2) is 55.1 Å². The van der Waals surface area contributed by atoms with Crippen LogP contribution in [0.5, 0.6) is 0 Å². The van der Waals surface area contributed by atoms with E-state index in [0.717, 1.165) is 36.5 Å². The van der Waals surface area contributed by atoms with Gasteiger partial charge in [0.15, 0.2) is 0 Å². The number of amides is 1. The van der Waals surface area contributed by atoms with Crippen molar-refractivity contribution in [2.75, 3.05) is 31.6 Å². The second-order valence-electron chi connectivity index (χ2n) is 7.48. The number of hydrogen-bond donors (Lipinski definition) is 2. The van der Waals surface area contributed by atoms with Gasteiger partial charge >= 0.3 is 5.97 Å². The molecule has 1 fully saturated rings. The molecule has 1 aliphatic heterocycles. The van der Waals surface area contributed by atoms with E-state index in [1.54, 1.807) is 13.0 Å². The van der Waals surface area contributed by atoms with Crippen LogP contribution in [0.1, 0.15) is 44.0 Å². The first kappa shape index (κ1) is 22.5. The smallest absolute Gasteiger partial charge is 0.341 e. The number of likely N-dealkylation sites (tertiary alicyclic amines) is 1. The fourth-order valence-corrected chi connectivity index (χ4v) is 4.81.